The maximum absolute atomic E-state index is 13.2. The Morgan fingerprint density at radius 1 is 1.09 bits per heavy atom. The monoisotopic (exact) mass is 337 g/mol. The van der Waals surface area contributed by atoms with Gasteiger partial charge in [0.05, 0.1) is 12.0 Å². The lowest BCUT2D eigenvalue weighted by Crippen LogP contribution is -2.52. The van der Waals surface area contributed by atoms with E-state index >= 15 is 0 Å². The lowest BCUT2D eigenvalue weighted by Gasteiger charge is -2.39. The molecule has 2 aliphatic heterocycles. The van der Waals surface area contributed by atoms with Crippen LogP contribution in [0.1, 0.15) is 18.4 Å². The fourth-order valence-corrected chi connectivity index (χ4v) is 3.70. The first-order valence-electron chi connectivity index (χ1n) is 8.41. The molecule has 1 N–H and O–H groups in total. The molecule has 5 heteroatoms. The van der Waals surface area contributed by atoms with Crippen molar-refractivity contribution in [1.82, 2.24) is 15.1 Å². The first-order chi connectivity index (χ1) is 10.7. The third-order valence-electron chi connectivity index (χ3n) is 5.28. The van der Waals surface area contributed by atoms with E-state index in [1.807, 2.05) is 6.07 Å². The number of benzene rings is 1. The highest BCUT2D eigenvalue weighted by atomic mass is 35.5. The Hall–Kier alpha value is -0.940. The van der Waals surface area contributed by atoms with Gasteiger partial charge in [0.25, 0.3) is 0 Å². The molecule has 2 aliphatic rings. The van der Waals surface area contributed by atoms with E-state index in [0.717, 1.165) is 52.1 Å². The normalized spacial score (nSPS) is 22.3. The fraction of sp³-hybridized carbons (Fsp3) is 0.611. The summed E-state index contributed by atoms with van der Waals surface area (Å²) in [5.74, 6) is 0.407. The van der Waals surface area contributed by atoms with Crippen molar-refractivity contribution in [3.8, 4) is 0 Å². The molecule has 0 bridgehead atoms. The van der Waals surface area contributed by atoms with Crippen LogP contribution in [-0.2, 0) is 10.2 Å². The molecule has 0 spiro atoms. The lowest BCUT2D eigenvalue weighted by atomic mass is 9.70. The van der Waals surface area contributed by atoms with Gasteiger partial charge in [-0.15, -0.1) is 12.4 Å². The molecule has 2 saturated heterocycles. The van der Waals surface area contributed by atoms with Crippen LogP contribution >= 0.6 is 12.4 Å². The van der Waals surface area contributed by atoms with E-state index < -0.39 is 0 Å². The van der Waals surface area contributed by atoms with Gasteiger partial charge in [-0.1, -0.05) is 30.3 Å². The van der Waals surface area contributed by atoms with Crippen LogP contribution in [0, 0.1) is 0 Å². The molecule has 0 atom stereocenters. The van der Waals surface area contributed by atoms with Crippen LogP contribution in [0.2, 0.25) is 0 Å². The van der Waals surface area contributed by atoms with Gasteiger partial charge in [-0.05, 0) is 38.5 Å². The number of nitrogens with one attached hydrogen (secondary N) is 1. The van der Waals surface area contributed by atoms with Gasteiger partial charge in [-0.25, -0.2) is 0 Å². The molecule has 0 aromatic heterocycles. The standard InChI is InChI=1S/C18H27N3O.ClH/c1-20-11-13-21(14-12-20)15-17(22)18(7-9-19-10-8-18)16-5-3-2-4-6-16;/h2-6,19H,7-15H2,1H3;1H. The van der Waals surface area contributed by atoms with Crippen molar-refractivity contribution in [3.63, 3.8) is 0 Å². The number of halogens is 1. The Balaban J connectivity index is 0.00000192. The van der Waals surface area contributed by atoms with Gasteiger partial charge < -0.3 is 10.2 Å². The minimum absolute atomic E-state index is 0. The van der Waals surface area contributed by atoms with Crippen molar-refractivity contribution in [2.45, 2.75) is 18.3 Å². The quantitative estimate of drug-likeness (QED) is 0.904. The summed E-state index contributed by atoms with van der Waals surface area (Å²) in [5.41, 5.74) is 0.922. The number of hydrogen-bond acceptors (Lipinski definition) is 4. The van der Waals surface area contributed by atoms with Crippen molar-refractivity contribution in [2.75, 3.05) is 52.9 Å². The van der Waals surface area contributed by atoms with Crippen LogP contribution in [0.25, 0.3) is 0 Å². The van der Waals surface area contributed by atoms with E-state index in [2.05, 4.69) is 46.4 Å². The van der Waals surface area contributed by atoms with Crippen LogP contribution in [0.3, 0.4) is 0 Å². The summed E-state index contributed by atoms with van der Waals surface area (Å²) in [6.07, 6.45) is 1.84. The maximum atomic E-state index is 13.2. The molecular weight excluding hydrogens is 310 g/mol. The number of carbonyl (C=O) groups excluding carboxylic acids is 1. The molecule has 1 aromatic rings. The summed E-state index contributed by atoms with van der Waals surface area (Å²) in [7, 11) is 2.15. The second-order valence-electron chi connectivity index (χ2n) is 6.70. The first kappa shape index (κ1) is 18.4. The van der Waals surface area contributed by atoms with Crippen molar-refractivity contribution in [1.29, 1.82) is 0 Å². The minimum Gasteiger partial charge on any atom is -0.317 e. The average Bonchev–Trinajstić information content (AvgIpc) is 2.58. The highest BCUT2D eigenvalue weighted by Crippen LogP contribution is 2.34. The summed E-state index contributed by atoms with van der Waals surface area (Å²) >= 11 is 0. The fourth-order valence-electron chi connectivity index (χ4n) is 3.70. The second kappa shape index (κ2) is 8.25. The Labute approximate surface area is 145 Å². The number of piperazine rings is 1. The van der Waals surface area contributed by atoms with Crippen molar-refractivity contribution in [3.05, 3.63) is 35.9 Å². The summed E-state index contributed by atoms with van der Waals surface area (Å²) < 4.78 is 0. The highest BCUT2D eigenvalue weighted by molar-refractivity contribution is 5.92. The lowest BCUT2D eigenvalue weighted by molar-refractivity contribution is -0.127. The summed E-state index contributed by atoms with van der Waals surface area (Å²) in [4.78, 5) is 17.8. The molecule has 0 aliphatic carbocycles. The average molecular weight is 338 g/mol. The number of ketones is 1. The van der Waals surface area contributed by atoms with E-state index in [0.29, 0.717) is 12.3 Å². The first-order valence-corrected chi connectivity index (χ1v) is 8.41. The number of carbonyl (C=O) groups is 1. The Bertz CT molecular complexity index is 494. The second-order valence-corrected chi connectivity index (χ2v) is 6.70. The Morgan fingerprint density at radius 3 is 2.30 bits per heavy atom. The molecule has 23 heavy (non-hydrogen) atoms. The van der Waals surface area contributed by atoms with E-state index in [4.69, 9.17) is 0 Å². The largest absolute Gasteiger partial charge is 0.317 e. The molecular formula is C18H28ClN3O. The zero-order chi connectivity index (χ0) is 15.4. The number of rotatable bonds is 4. The number of piperidine rings is 1. The zero-order valence-corrected chi connectivity index (χ0v) is 14.8. The third kappa shape index (κ3) is 4.13. The summed E-state index contributed by atoms with van der Waals surface area (Å²) in [6, 6.07) is 10.4. The smallest absolute Gasteiger partial charge is 0.157 e. The predicted octanol–water partition coefficient (Wildman–Crippen LogP) is 1.55. The zero-order valence-electron chi connectivity index (χ0n) is 14.0. The van der Waals surface area contributed by atoms with Crippen LogP contribution < -0.4 is 5.32 Å². The maximum Gasteiger partial charge on any atom is 0.157 e. The number of nitrogens with zero attached hydrogens (tertiary/aromatic N) is 2. The van der Waals surface area contributed by atoms with Crippen LogP contribution in [0.4, 0.5) is 0 Å². The van der Waals surface area contributed by atoms with Crippen molar-refractivity contribution >= 4 is 18.2 Å². The van der Waals surface area contributed by atoms with Gasteiger partial charge in [-0.2, -0.15) is 0 Å². The van der Waals surface area contributed by atoms with Crippen molar-refractivity contribution < 1.29 is 4.79 Å². The molecule has 0 radical (unpaired) electrons. The van der Waals surface area contributed by atoms with Gasteiger partial charge in [0.1, 0.15) is 0 Å². The van der Waals surface area contributed by atoms with Gasteiger partial charge in [0.2, 0.25) is 0 Å². The molecule has 1 aromatic carbocycles. The van der Waals surface area contributed by atoms with E-state index in [-0.39, 0.29) is 17.8 Å². The molecule has 0 unspecified atom stereocenters. The van der Waals surface area contributed by atoms with E-state index in [9.17, 15) is 4.79 Å². The number of Topliss-reactive ketones (excluding diaryl/α,β-unsaturated/α-hetero) is 1. The molecule has 2 heterocycles. The van der Waals surface area contributed by atoms with Gasteiger partial charge in [0, 0.05) is 26.2 Å². The van der Waals surface area contributed by atoms with E-state index in [1.165, 1.54) is 5.56 Å². The molecule has 0 saturated carbocycles. The topological polar surface area (TPSA) is 35.6 Å². The highest BCUT2D eigenvalue weighted by Gasteiger charge is 2.41. The molecule has 2 fully saturated rings. The number of hydrogen-bond donors (Lipinski definition) is 1. The van der Waals surface area contributed by atoms with Crippen molar-refractivity contribution in [2.24, 2.45) is 0 Å². The SMILES string of the molecule is CN1CCN(CC(=O)C2(c3ccccc3)CCNCC2)CC1.Cl. The minimum atomic E-state index is -0.282. The van der Waals surface area contributed by atoms with Gasteiger partial charge in [-0.3, -0.25) is 9.69 Å². The number of likely N-dealkylation sites (N-methyl/N-ethyl adjacent to an activating group) is 1. The Kier molecular flexibility index (Phi) is 6.60. The van der Waals surface area contributed by atoms with Crippen LogP contribution in [-0.4, -0.2) is 68.4 Å². The predicted molar refractivity (Wildman–Crippen MR) is 96.4 cm³/mol. The Morgan fingerprint density at radius 2 is 1.70 bits per heavy atom. The molecule has 128 valence electrons. The van der Waals surface area contributed by atoms with Gasteiger partial charge >= 0.3 is 0 Å². The van der Waals surface area contributed by atoms with Gasteiger partial charge in [0.15, 0.2) is 5.78 Å². The van der Waals surface area contributed by atoms with Crippen LogP contribution in [0.15, 0.2) is 30.3 Å². The summed E-state index contributed by atoms with van der Waals surface area (Å²) in [6.45, 7) is 6.60. The third-order valence-corrected chi connectivity index (χ3v) is 5.28. The summed E-state index contributed by atoms with van der Waals surface area (Å²) in [5, 5.41) is 3.40. The van der Waals surface area contributed by atoms with E-state index in [1.54, 1.807) is 0 Å². The molecule has 4 nitrogen and oxygen atoms in total. The van der Waals surface area contributed by atoms with Crippen LogP contribution in [0.5, 0.6) is 0 Å². The molecule has 0 amide bonds. The molecule has 3 rings (SSSR count).